The fourth-order valence-electron chi connectivity index (χ4n) is 6.12. The van der Waals surface area contributed by atoms with Gasteiger partial charge < -0.3 is 0 Å². The molecule has 4 nitrogen and oxygen atoms in total. The van der Waals surface area contributed by atoms with Crippen LogP contribution < -0.4 is 4.72 Å². The van der Waals surface area contributed by atoms with Crippen LogP contribution in [0.3, 0.4) is 0 Å². The molecule has 0 atom stereocenters. The Morgan fingerprint density at radius 1 is 0.967 bits per heavy atom. The quantitative estimate of drug-likeness (QED) is 0.687. The van der Waals surface area contributed by atoms with E-state index < -0.39 is 27.3 Å². The number of halogens is 3. The molecule has 4 fully saturated rings. The molecule has 8 heteroatoms. The minimum absolute atomic E-state index is 0.157. The molecule has 0 spiro atoms. The highest BCUT2D eigenvalue weighted by molar-refractivity contribution is 7.89. The van der Waals surface area contributed by atoms with Gasteiger partial charge in [0.25, 0.3) is 0 Å². The maximum Gasteiger partial charge on any atom is 0.416 e. The maximum atomic E-state index is 13.1. The van der Waals surface area contributed by atoms with Crippen LogP contribution in [0.4, 0.5) is 13.2 Å². The fraction of sp³-hybridized carbons (Fsp3) is 0.682. The molecule has 4 aliphatic carbocycles. The minimum Gasteiger partial charge on any atom is -0.298 e. The molecule has 1 aromatic carbocycles. The predicted octanol–water partition coefficient (Wildman–Crippen LogP) is 4.79. The number of rotatable bonds is 6. The van der Waals surface area contributed by atoms with Crippen molar-refractivity contribution < 1.29 is 26.4 Å². The van der Waals surface area contributed by atoms with Gasteiger partial charge in [0, 0.05) is 6.42 Å². The Kier molecular flexibility index (Phi) is 5.33. The number of sulfonamides is 1. The number of carbonyl (C=O) groups is 1. The monoisotopic (exact) mass is 443 g/mol. The van der Waals surface area contributed by atoms with Gasteiger partial charge >= 0.3 is 6.18 Å². The molecule has 1 aromatic rings. The molecule has 0 aromatic heterocycles. The summed E-state index contributed by atoms with van der Waals surface area (Å²) >= 11 is 0. The predicted molar refractivity (Wildman–Crippen MR) is 106 cm³/mol. The van der Waals surface area contributed by atoms with Crippen molar-refractivity contribution in [1.29, 1.82) is 0 Å². The molecule has 0 heterocycles. The molecule has 4 aliphatic rings. The summed E-state index contributed by atoms with van der Waals surface area (Å²) in [5.41, 5.74) is -2.24. The number of hydrogen-bond acceptors (Lipinski definition) is 3. The third-order valence-electron chi connectivity index (χ3n) is 7.42. The van der Waals surface area contributed by atoms with Gasteiger partial charge in [-0.3, -0.25) is 4.79 Å². The van der Waals surface area contributed by atoms with Crippen LogP contribution in [0.25, 0.3) is 0 Å². The molecule has 4 bridgehead atoms. The number of Topliss-reactive ketones (excluding diaryl/α,β-unsaturated/α-hetero) is 1. The lowest BCUT2D eigenvalue weighted by Crippen LogP contribution is -2.52. The van der Waals surface area contributed by atoms with Crippen LogP contribution >= 0.6 is 0 Å². The minimum atomic E-state index is -4.54. The third-order valence-corrected chi connectivity index (χ3v) is 9.09. The number of ketones is 1. The second kappa shape index (κ2) is 7.33. The van der Waals surface area contributed by atoms with E-state index in [0.29, 0.717) is 24.2 Å². The van der Waals surface area contributed by atoms with Crippen LogP contribution in [0.1, 0.15) is 57.9 Å². The first-order valence-corrected chi connectivity index (χ1v) is 12.1. The van der Waals surface area contributed by atoms with E-state index in [4.69, 9.17) is 0 Å². The van der Waals surface area contributed by atoms with E-state index >= 15 is 0 Å². The molecule has 1 N–H and O–H groups in total. The Labute approximate surface area is 175 Å². The Morgan fingerprint density at radius 2 is 1.47 bits per heavy atom. The van der Waals surface area contributed by atoms with Crippen LogP contribution in [-0.2, 0) is 21.0 Å². The van der Waals surface area contributed by atoms with Crippen molar-refractivity contribution in [3.05, 3.63) is 29.8 Å². The van der Waals surface area contributed by atoms with Gasteiger partial charge in [-0.05, 0) is 99.8 Å². The topological polar surface area (TPSA) is 63.2 Å². The number of benzene rings is 1. The Morgan fingerprint density at radius 3 is 1.93 bits per heavy atom. The summed E-state index contributed by atoms with van der Waals surface area (Å²) in [4.78, 5) is 12.8. The second-order valence-corrected chi connectivity index (χ2v) is 11.7. The van der Waals surface area contributed by atoms with E-state index in [0.717, 1.165) is 36.1 Å². The zero-order valence-electron chi connectivity index (χ0n) is 17.2. The number of hydrogen-bond donors (Lipinski definition) is 1. The van der Waals surface area contributed by atoms with E-state index in [1.807, 2.05) is 0 Å². The van der Waals surface area contributed by atoms with E-state index in [-0.39, 0.29) is 10.7 Å². The van der Waals surface area contributed by atoms with Gasteiger partial charge in [-0.1, -0.05) is 0 Å². The standard InChI is InChI=1S/C22H28F3NO3S/c1-21(2,26-30(28,29)18-5-3-17(4-6-18)22(23,24)25)20(27)12-19-15-8-13-7-14(10-15)11-16(19)9-13/h3-6,13-16,19,26H,7-12H2,1-2H3. The molecule has 0 amide bonds. The molecule has 166 valence electrons. The molecular formula is C22H28F3NO3S. The van der Waals surface area contributed by atoms with Gasteiger partial charge in [-0.2, -0.15) is 17.9 Å². The zero-order valence-corrected chi connectivity index (χ0v) is 18.0. The smallest absolute Gasteiger partial charge is 0.298 e. The Bertz CT molecular complexity index is 894. The van der Waals surface area contributed by atoms with E-state index in [2.05, 4.69) is 4.72 Å². The van der Waals surface area contributed by atoms with Crippen LogP contribution in [0.5, 0.6) is 0 Å². The van der Waals surface area contributed by atoms with Crippen molar-refractivity contribution in [2.45, 2.75) is 69.0 Å². The molecule has 5 rings (SSSR count). The summed E-state index contributed by atoms with van der Waals surface area (Å²) < 4.78 is 66.0. The highest BCUT2D eigenvalue weighted by Crippen LogP contribution is 2.57. The first kappa shape index (κ1) is 21.8. The van der Waals surface area contributed by atoms with Crippen molar-refractivity contribution in [2.24, 2.45) is 29.6 Å². The lowest BCUT2D eigenvalue weighted by Gasteiger charge is -2.54. The molecule has 30 heavy (non-hydrogen) atoms. The summed E-state index contributed by atoms with van der Waals surface area (Å²) in [6.45, 7) is 3.07. The summed E-state index contributed by atoms with van der Waals surface area (Å²) in [5, 5.41) is 0. The lowest BCUT2D eigenvalue weighted by molar-refractivity contribution is -0.137. The number of alkyl halides is 3. The van der Waals surface area contributed by atoms with Crippen molar-refractivity contribution in [3.63, 3.8) is 0 Å². The SMILES string of the molecule is CC(C)(NS(=O)(=O)c1ccc(C(F)(F)F)cc1)C(=O)CC1C2CC3CC(C2)CC1C3. The van der Waals surface area contributed by atoms with Crippen molar-refractivity contribution in [3.8, 4) is 0 Å². The van der Waals surface area contributed by atoms with Crippen molar-refractivity contribution >= 4 is 15.8 Å². The number of carbonyl (C=O) groups excluding carboxylic acids is 1. The molecule has 0 aliphatic heterocycles. The summed E-state index contributed by atoms with van der Waals surface area (Å²) in [7, 11) is -4.12. The summed E-state index contributed by atoms with van der Waals surface area (Å²) in [6, 6.07) is 3.31. The molecule has 0 unspecified atom stereocenters. The third kappa shape index (κ3) is 4.17. The largest absolute Gasteiger partial charge is 0.416 e. The van der Waals surface area contributed by atoms with Crippen LogP contribution in [0, 0.1) is 29.6 Å². The van der Waals surface area contributed by atoms with Gasteiger partial charge in [0.15, 0.2) is 5.78 Å². The van der Waals surface area contributed by atoms with Crippen LogP contribution in [0.2, 0.25) is 0 Å². The fourth-order valence-corrected chi connectivity index (χ4v) is 7.51. The molecule has 0 radical (unpaired) electrons. The van der Waals surface area contributed by atoms with Gasteiger partial charge in [0.1, 0.15) is 0 Å². The molecule has 0 saturated heterocycles. The normalized spacial score (nSPS) is 31.2. The first-order chi connectivity index (χ1) is 13.8. The summed E-state index contributed by atoms with van der Waals surface area (Å²) in [5.74, 6) is 2.88. The van der Waals surface area contributed by atoms with Crippen LogP contribution in [-0.4, -0.2) is 19.7 Å². The van der Waals surface area contributed by atoms with E-state index in [9.17, 15) is 26.4 Å². The Hall–Kier alpha value is -1.41. The average molecular weight is 444 g/mol. The average Bonchev–Trinajstić information content (AvgIpc) is 2.62. The van der Waals surface area contributed by atoms with Gasteiger partial charge in [0.2, 0.25) is 10.0 Å². The molecule has 4 saturated carbocycles. The highest BCUT2D eigenvalue weighted by Gasteiger charge is 2.49. The maximum absolute atomic E-state index is 13.1. The number of nitrogens with one attached hydrogen (secondary N) is 1. The van der Waals surface area contributed by atoms with Gasteiger partial charge in [0.05, 0.1) is 16.0 Å². The van der Waals surface area contributed by atoms with Crippen molar-refractivity contribution in [1.82, 2.24) is 4.72 Å². The Balaban J connectivity index is 1.44. The van der Waals surface area contributed by atoms with Crippen LogP contribution in [0.15, 0.2) is 29.2 Å². The lowest BCUT2D eigenvalue weighted by atomic mass is 9.51. The summed E-state index contributed by atoms with van der Waals surface area (Å²) in [6.07, 6.45) is 1.88. The zero-order chi connectivity index (χ0) is 21.9. The van der Waals surface area contributed by atoms with E-state index in [1.54, 1.807) is 0 Å². The van der Waals surface area contributed by atoms with Gasteiger partial charge in [-0.15, -0.1) is 0 Å². The molecular weight excluding hydrogens is 415 g/mol. The second-order valence-electron chi connectivity index (χ2n) is 9.97. The van der Waals surface area contributed by atoms with Crippen molar-refractivity contribution in [2.75, 3.05) is 0 Å². The van der Waals surface area contributed by atoms with Gasteiger partial charge in [-0.25, -0.2) is 8.42 Å². The first-order valence-electron chi connectivity index (χ1n) is 10.6. The van der Waals surface area contributed by atoms with E-state index in [1.165, 1.54) is 46.0 Å². The highest BCUT2D eigenvalue weighted by atomic mass is 32.2.